The second kappa shape index (κ2) is 4.20. The SMILES string of the molecule is O=CC1=NC(c2ccc[nH]2)(C(F)(F)F)Nc2ccsc21. The summed E-state index contributed by atoms with van der Waals surface area (Å²) < 4.78 is 40.7. The van der Waals surface area contributed by atoms with Crippen molar-refractivity contribution in [1.29, 1.82) is 0 Å². The van der Waals surface area contributed by atoms with Crippen LogP contribution in [-0.4, -0.2) is 23.2 Å². The summed E-state index contributed by atoms with van der Waals surface area (Å²) in [7, 11) is 0. The molecule has 2 aromatic heterocycles. The number of hydrogen-bond acceptors (Lipinski definition) is 4. The van der Waals surface area contributed by atoms with Gasteiger partial charge in [0.1, 0.15) is 5.71 Å². The maximum Gasteiger partial charge on any atom is 0.438 e. The van der Waals surface area contributed by atoms with Crippen LogP contribution in [0.15, 0.2) is 34.8 Å². The van der Waals surface area contributed by atoms with Crippen molar-refractivity contribution in [3.8, 4) is 0 Å². The van der Waals surface area contributed by atoms with Gasteiger partial charge in [-0.25, -0.2) is 4.99 Å². The number of aliphatic imine (C=N–C) groups is 1. The Labute approximate surface area is 115 Å². The molecule has 0 aliphatic carbocycles. The van der Waals surface area contributed by atoms with Crippen LogP contribution in [0.2, 0.25) is 0 Å². The van der Waals surface area contributed by atoms with Crippen LogP contribution < -0.4 is 5.32 Å². The number of nitrogens with one attached hydrogen (secondary N) is 2. The van der Waals surface area contributed by atoms with E-state index in [2.05, 4.69) is 15.3 Å². The summed E-state index contributed by atoms with van der Waals surface area (Å²) in [6.45, 7) is 0. The van der Waals surface area contributed by atoms with Crippen molar-refractivity contribution < 1.29 is 18.0 Å². The van der Waals surface area contributed by atoms with Gasteiger partial charge in [0.05, 0.1) is 16.3 Å². The number of aromatic nitrogens is 1. The van der Waals surface area contributed by atoms with Gasteiger partial charge >= 0.3 is 6.18 Å². The molecule has 0 fully saturated rings. The standard InChI is InChI=1S/C12H8F3N3OS/c13-12(14,15)11(9-2-1-4-16-9)17-7-3-5-20-10(7)8(6-19)18-11/h1-6,16-17H. The zero-order chi connectivity index (χ0) is 14.4. The van der Waals surface area contributed by atoms with E-state index in [-0.39, 0.29) is 17.1 Å². The first-order valence-electron chi connectivity index (χ1n) is 5.59. The van der Waals surface area contributed by atoms with Crippen molar-refractivity contribution in [1.82, 2.24) is 4.98 Å². The third-order valence-corrected chi connectivity index (χ3v) is 3.95. The molecule has 0 amide bonds. The van der Waals surface area contributed by atoms with E-state index >= 15 is 0 Å². The molecule has 0 saturated carbocycles. The third kappa shape index (κ3) is 1.68. The number of anilines is 1. The Hall–Kier alpha value is -2.09. The largest absolute Gasteiger partial charge is 0.438 e. The molecule has 1 aliphatic rings. The van der Waals surface area contributed by atoms with E-state index in [1.54, 1.807) is 5.38 Å². The number of rotatable bonds is 2. The molecule has 3 rings (SSSR count). The summed E-state index contributed by atoms with van der Waals surface area (Å²) in [5.41, 5.74) is -2.79. The summed E-state index contributed by atoms with van der Waals surface area (Å²) in [6, 6.07) is 4.23. The predicted molar refractivity (Wildman–Crippen MR) is 69.1 cm³/mol. The number of halogens is 3. The fourth-order valence-corrected chi connectivity index (χ4v) is 2.91. The van der Waals surface area contributed by atoms with E-state index in [0.717, 1.165) is 11.3 Å². The summed E-state index contributed by atoms with van der Waals surface area (Å²) >= 11 is 1.16. The Morgan fingerprint density at radius 2 is 2.15 bits per heavy atom. The molecule has 20 heavy (non-hydrogen) atoms. The zero-order valence-corrected chi connectivity index (χ0v) is 10.7. The maximum absolute atomic E-state index is 13.6. The summed E-state index contributed by atoms with van der Waals surface area (Å²) in [6.07, 6.45) is -2.98. The minimum atomic E-state index is -4.70. The van der Waals surface area contributed by atoms with Crippen LogP contribution in [0.25, 0.3) is 0 Å². The molecule has 2 N–H and O–H groups in total. The Bertz CT molecular complexity index is 674. The molecule has 0 bridgehead atoms. The number of alkyl halides is 3. The highest BCUT2D eigenvalue weighted by atomic mass is 32.1. The van der Waals surface area contributed by atoms with Crippen LogP contribution in [0.4, 0.5) is 18.9 Å². The number of aromatic amines is 1. The number of thiophene rings is 1. The monoisotopic (exact) mass is 299 g/mol. The molecule has 3 heterocycles. The number of nitrogens with zero attached hydrogens (tertiary/aromatic N) is 1. The van der Waals surface area contributed by atoms with Crippen molar-refractivity contribution in [3.63, 3.8) is 0 Å². The van der Waals surface area contributed by atoms with Crippen molar-refractivity contribution in [3.05, 3.63) is 40.3 Å². The Morgan fingerprint density at radius 3 is 2.75 bits per heavy atom. The summed E-state index contributed by atoms with van der Waals surface area (Å²) in [5, 5.41) is 4.01. The fraction of sp³-hybridized carbons (Fsp3) is 0.167. The van der Waals surface area contributed by atoms with E-state index in [4.69, 9.17) is 0 Å². The van der Waals surface area contributed by atoms with E-state index in [9.17, 15) is 18.0 Å². The lowest BCUT2D eigenvalue weighted by Crippen LogP contribution is -2.50. The number of carbonyl (C=O) groups is 1. The van der Waals surface area contributed by atoms with Gasteiger partial charge in [-0.05, 0) is 23.6 Å². The lowest BCUT2D eigenvalue weighted by Gasteiger charge is -2.35. The maximum atomic E-state index is 13.6. The smallest absolute Gasteiger partial charge is 0.361 e. The number of H-pyrrole nitrogens is 1. The number of carbonyl (C=O) groups excluding carboxylic acids is 1. The fourth-order valence-electron chi connectivity index (χ4n) is 2.11. The highest BCUT2D eigenvalue weighted by Crippen LogP contribution is 2.46. The van der Waals surface area contributed by atoms with Gasteiger partial charge in [0.2, 0.25) is 0 Å². The minimum absolute atomic E-state index is 0.166. The molecule has 0 radical (unpaired) electrons. The molecule has 4 nitrogen and oxygen atoms in total. The van der Waals surface area contributed by atoms with Gasteiger partial charge in [-0.1, -0.05) is 0 Å². The van der Waals surface area contributed by atoms with Crippen molar-refractivity contribution in [2.75, 3.05) is 5.32 Å². The molecular weight excluding hydrogens is 291 g/mol. The van der Waals surface area contributed by atoms with Crippen LogP contribution in [0.3, 0.4) is 0 Å². The molecule has 0 aromatic carbocycles. The van der Waals surface area contributed by atoms with Gasteiger partial charge in [0, 0.05) is 6.20 Å². The van der Waals surface area contributed by atoms with Crippen LogP contribution >= 0.6 is 11.3 Å². The molecular formula is C12H8F3N3OS. The van der Waals surface area contributed by atoms with Crippen LogP contribution in [0.1, 0.15) is 10.6 Å². The van der Waals surface area contributed by atoms with Crippen molar-refractivity contribution in [2.45, 2.75) is 11.8 Å². The van der Waals surface area contributed by atoms with Gasteiger partial charge in [-0.2, -0.15) is 13.2 Å². The molecule has 8 heteroatoms. The van der Waals surface area contributed by atoms with E-state index in [1.807, 2.05) is 0 Å². The topological polar surface area (TPSA) is 57.2 Å². The van der Waals surface area contributed by atoms with Gasteiger partial charge in [-0.3, -0.25) is 4.79 Å². The Balaban J connectivity index is 2.26. The number of fused-ring (bicyclic) bond motifs is 1. The van der Waals surface area contributed by atoms with Gasteiger partial charge in [0.25, 0.3) is 5.66 Å². The number of aldehydes is 1. The summed E-state index contributed by atoms with van der Waals surface area (Å²) in [4.78, 5) is 17.7. The molecule has 0 spiro atoms. The zero-order valence-electron chi connectivity index (χ0n) is 9.86. The molecule has 2 aromatic rings. The lowest BCUT2D eigenvalue weighted by atomic mass is 10.0. The first kappa shape index (κ1) is 12.9. The van der Waals surface area contributed by atoms with Gasteiger partial charge in [0.15, 0.2) is 6.29 Å². The van der Waals surface area contributed by atoms with Crippen LogP contribution in [0, 0.1) is 0 Å². The number of hydrogen-bond donors (Lipinski definition) is 2. The van der Waals surface area contributed by atoms with Crippen LogP contribution in [0.5, 0.6) is 0 Å². The quantitative estimate of drug-likeness (QED) is 0.838. The Morgan fingerprint density at radius 1 is 1.35 bits per heavy atom. The molecule has 1 aliphatic heterocycles. The minimum Gasteiger partial charge on any atom is -0.361 e. The van der Waals surface area contributed by atoms with Gasteiger partial charge in [-0.15, -0.1) is 11.3 Å². The predicted octanol–water partition coefficient (Wildman–Crippen LogP) is 2.91. The molecule has 104 valence electrons. The summed E-state index contributed by atoms with van der Waals surface area (Å²) in [5.74, 6) is 0. The van der Waals surface area contributed by atoms with E-state index in [0.29, 0.717) is 11.2 Å². The molecule has 0 saturated heterocycles. The average Bonchev–Trinajstić information content (AvgIpc) is 3.06. The van der Waals surface area contributed by atoms with Gasteiger partial charge < -0.3 is 10.3 Å². The van der Waals surface area contributed by atoms with E-state index in [1.165, 1.54) is 24.4 Å². The average molecular weight is 299 g/mol. The first-order valence-corrected chi connectivity index (χ1v) is 6.47. The third-order valence-electron chi connectivity index (χ3n) is 3.01. The lowest BCUT2D eigenvalue weighted by molar-refractivity contribution is -0.181. The van der Waals surface area contributed by atoms with Crippen molar-refractivity contribution in [2.24, 2.45) is 4.99 Å². The highest BCUT2D eigenvalue weighted by Gasteiger charge is 2.59. The van der Waals surface area contributed by atoms with Crippen molar-refractivity contribution >= 4 is 29.0 Å². The van der Waals surface area contributed by atoms with Crippen LogP contribution in [-0.2, 0) is 10.5 Å². The molecule has 1 atom stereocenters. The normalized spacial score (nSPS) is 21.9. The van der Waals surface area contributed by atoms with E-state index < -0.39 is 11.8 Å². The first-order chi connectivity index (χ1) is 9.48. The second-order valence-corrected chi connectivity index (χ2v) is 5.11. The Kier molecular flexibility index (Phi) is 2.72. The molecule has 1 unspecified atom stereocenters. The highest BCUT2D eigenvalue weighted by molar-refractivity contribution is 7.13. The second-order valence-electron chi connectivity index (χ2n) is 4.20.